The van der Waals surface area contributed by atoms with Crippen LogP contribution >= 0.6 is 0 Å². The summed E-state index contributed by atoms with van der Waals surface area (Å²) in [5.74, 6) is 2.92. The Morgan fingerprint density at radius 3 is 2.57 bits per heavy atom. The van der Waals surface area contributed by atoms with Crippen LogP contribution in [0.1, 0.15) is 19.0 Å². The first-order valence-corrected chi connectivity index (χ1v) is 7.00. The van der Waals surface area contributed by atoms with E-state index in [9.17, 15) is 0 Å². The Hall–Kier alpha value is -2.30. The number of hydrogen-bond acceptors (Lipinski definition) is 5. The largest absolute Gasteiger partial charge is 0.497 e. The minimum atomic E-state index is 0.646. The average molecular weight is 287 g/mol. The summed E-state index contributed by atoms with van der Waals surface area (Å²) in [5, 5.41) is 3.29. The van der Waals surface area contributed by atoms with Crippen LogP contribution in [0.2, 0.25) is 0 Å². The molecule has 5 nitrogen and oxygen atoms in total. The highest BCUT2D eigenvalue weighted by atomic mass is 16.5. The van der Waals surface area contributed by atoms with Gasteiger partial charge < -0.3 is 14.8 Å². The molecule has 2 rings (SSSR count). The molecule has 21 heavy (non-hydrogen) atoms. The van der Waals surface area contributed by atoms with E-state index >= 15 is 0 Å². The van der Waals surface area contributed by atoms with Crippen molar-refractivity contribution in [3.8, 4) is 22.9 Å². The molecule has 0 aliphatic rings. The molecule has 0 atom stereocenters. The Bertz CT molecular complexity index is 614. The van der Waals surface area contributed by atoms with Gasteiger partial charge in [0.1, 0.15) is 17.3 Å². The molecular weight excluding hydrogens is 266 g/mol. The van der Waals surface area contributed by atoms with Gasteiger partial charge >= 0.3 is 0 Å². The second-order valence-corrected chi connectivity index (χ2v) is 4.71. The smallest absolute Gasteiger partial charge is 0.165 e. The number of anilines is 1. The van der Waals surface area contributed by atoms with Gasteiger partial charge in [0.15, 0.2) is 5.82 Å². The Morgan fingerprint density at radius 2 is 1.90 bits per heavy atom. The number of aryl methyl sites for hydroxylation is 1. The number of nitrogens with one attached hydrogen (secondary N) is 1. The van der Waals surface area contributed by atoms with E-state index < -0.39 is 0 Å². The van der Waals surface area contributed by atoms with Gasteiger partial charge in [0.2, 0.25) is 0 Å². The quantitative estimate of drug-likeness (QED) is 0.883. The molecule has 5 heteroatoms. The predicted octanol–water partition coefficient (Wildman–Crippen LogP) is 3.29. The molecule has 2 aromatic rings. The number of aromatic nitrogens is 2. The number of hydrogen-bond donors (Lipinski definition) is 1. The van der Waals surface area contributed by atoms with Gasteiger partial charge in [0.25, 0.3) is 0 Å². The Morgan fingerprint density at radius 1 is 1.10 bits per heavy atom. The molecule has 0 amide bonds. The van der Waals surface area contributed by atoms with Crippen molar-refractivity contribution < 1.29 is 9.47 Å². The highest BCUT2D eigenvalue weighted by Crippen LogP contribution is 2.31. The van der Waals surface area contributed by atoms with Crippen LogP contribution in [0.3, 0.4) is 0 Å². The van der Waals surface area contributed by atoms with E-state index in [-0.39, 0.29) is 0 Å². The zero-order valence-corrected chi connectivity index (χ0v) is 12.9. The maximum Gasteiger partial charge on any atom is 0.165 e. The topological polar surface area (TPSA) is 56.3 Å². The lowest BCUT2D eigenvalue weighted by Gasteiger charge is -2.11. The van der Waals surface area contributed by atoms with Crippen LogP contribution in [-0.2, 0) is 0 Å². The first-order valence-electron chi connectivity index (χ1n) is 7.00. The van der Waals surface area contributed by atoms with Crippen LogP contribution in [0, 0.1) is 6.92 Å². The van der Waals surface area contributed by atoms with Crippen molar-refractivity contribution in [3.63, 3.8) is 0 Å². The zero-order valence-electron chi connectivity index (χ0n) is 12.9. The molecule has 0 aliphatic carbocycles. The summed E-state index contributed by atoms with van der Waals surface area (Å²) in [6.07, 6.45) is 1.05. The molecule has 0 saturated carbocycles. The van der Waals surface area contributed by atoms with E-state index in [2.05, 4.69) is 22.2 Å². The fraction of sp³-hybridized carbons (Fsp3) is 0.375. The van der Waals surface area contributed by atoms with Crippen LogP contribution in [0.4, 0.5) is 5.82 Å². The average Bonchev–Trinajstić information content (AvgIpc) is 2.51. The minimum Gasteiger partial charge on any atom is -0.497 e. The lowest BCUT2D eigenvalue weighted by Crippen LogP contribution is -2.05. The molecule has 112 valence electrons. The van der Waals surface area contributed by atoms with E-state index in [1.54, 1.807) is 14.2 Å². The van der Waals surface area contributed by atoms with E-state index in [1.165, 1.54) is 0 Å². The molecule has 1 N–H and O–H groups in total. The second kappa shape index (κ2) is 6.92. The van der Waals surface area contributed by atoms with Crippen LogP contribution in [0.5, 0.6) is 11.5 Å². The summed E-state index contributed by atoms with van der Waals surface area (Å²) in [6.45, 7) is 4.96. The first-order chi connectivity index (χ1) is 10.2. The van der Waals surface area contributed by atoms with E-state index in [0.717, 1.165) is 35.8 Å². The highest BCUT2D eigenvalue weighted by molar-refractivity contribution is 5.67. The number of rotatable bonds is 6. The predicted molar refractivity (Wildman–Crippen MR) is 84.1 cm³/mol. The maximum atomic E-state index is 5.42. The number of ether oxygens (including phenoxy) is 2. The molecule has 0 unspecified atom stereocenters. The molecule has 0 saturated heterocycles. The standard InChI is InChI=1S/C16H21N3O2/c1-5-8-17-15-9-11(2)18-16(19-15)13-7-6-12(20-3)10-14(13)21-4/h6-7,9-10H,5,8H2,1-4H3,(H,17,18,19). The van der Waals surface area contributed by atoms with Crippen molar-refractivity contribution in [2.45, 2.75) is 20.3 Å². The summed E-state index contributed by atoms with van der Waals surface area (Å²) < 4.78 is 10.6. The summed E-state index contributed by atoms with van der Waals surface area (Å²) in [4.78, 5) is 9.07. The normalized spacial score (nSPS) is 10.3. The molecule has 0 spiro atoms. The van der Waals surface area contributed by atoms with E-state index in [1.807, 2.05) is 31.2 Å². The van der Waals surface area contributed by atoms with E-state index in [0.29, 0.717) is 11.6 Å². The van der Waals surface area contributed by atoms with Crippen molar-refractivity contribution >= 4 is 5.82 Å². The highest BCUT2D eigenvalue weighted by Gasteiger charge is 2.11. The van der Waals surface area contributed by atoms with Crippen molar-refractivity contribution in [1.82, 2.24) is 9.97 Å². The van der Waals surface area contributed by atoms with Gasteiger partial charge in [-0.3, -0.25) is 0 Å². The van der Waals surface area contributed by atoms with E-state index in [4.69, 9.17) is 9.47 Å². The number of methoxy groups -OCH3 is 2. The monoisotopic (exact) mass is 287 g/mol. The lowest BCUT2D eigenvalue weighted by atomic mass is 10.1. The van der Waals surface area contributed by atoms with Gasteiger partial charge in [-0.1, -0.05) is 6.92 Å². The Balaban J connectivity index is 2.43. The third-order valence-electron chi connectivity index (χ3n) is 3.06. The van der Waals surface area contributed by atoms with Gasteiger partial charge in [0.05, 0.1) is 19.8 Å². The molecule has 0 bridgehead atoms. The third kappa shape index (κ3) is 3.62. The molecule has 0 aliphatic heterocycles. The second-order valence-electron chi connectivity index (χ2n) is 4.71. The van der Waals surface area contributed by atoms with Gasteiger partial charge in [-0.25, -0.2) is 9.97 Å². The lowest BCUT2D eigenvalue weighted by molar-refractivity contribution is 0.395. The molecule has 1 aromatic carbocycles. The van der Waals surface area contributed by atoms with Gasteiger partial charge in [0, 0.05) is 24.4 Å². The molecule has 1 heterocycles. The summed E-state index contributed by atoms with van der Waals surface area (Å²) in [5.41, 5.74) is 1.76. The fourth-order valence-electron chi connectivity index (χ4n) is 2.02. The van der Waals surface area contributed by atoms with Crippen LogP contribution in [-0.4, -0.2) is 30.7 Å². The maximum absolute atomic E-state index is 5.42. The van der Waals surface area contributed by atoms with Gasteiger partial charge in [-0.2, -0.15) is 0 Å². The van der Waals surface area contributed by atoms with Crippen LogP contribution in [0.15, 0.2) is 24.3 Å². The van der Waals surface area contributed by atoms with Crippen molar-refractivity contribution in [2.24, 2.45) is 0 Å². The zero-order chi connectivity index (χ0) is 15.2. The molecule has 0 fully saturated rings. The number of nitrogens with zero attached hydrogens (tertiary/aromatic N) is 2. The van der Waals surface area contributed by atoms with Crippen LogP contribution in [0.25, 0.3) is 11.4 Å². The van der Waals surface area contributed by atoms with Crippen molar-refractivity contribution in [2.75, 3.05) is 26.1 Å². The summed E-state index contributed by atoms with van der Waals surface area (Å²) in [7, 11) is 3.26. The molecule has 0 radical (unpaired) electrons. The summed E-state index contributed by atoms with van der Waals surface area (Å²) >= 11 is 0. The first kappa shape index (κ1) is 15.1. The van der Waals surface area contributed by atoms with Crippen LogP contribution < -0.4 is 14.8 Å². The van der Waals surface area contributed by atoms with Gasteiger partial charge in [-0.15, -0.1) is 0 Å². The van der Waals surface area contributed by atoms with Gasteiger partial charge in [-0.05, 0) is 25.5 Å². The SMILES string of the molecule is CCCNc1cc(C)nc(-c2ccc(OC)cc2OC)n1. The fourth-order valence-corrected chi connectivity index (χ4v) is 2.02. The molecular formula is C16H21N3O2. The number of benzene rings is 1. The Kier molecular flexibility index (Phi) is 4.98. The third-order valence-corrected chi connectivity index (χ3v) is 3.06. The van der Waals surface area contributed by atoms with Crippen molar-refractivity contribution in [3.05, 3.63) is 30.0 Å². The minimum absolute atomic E-state index is 0.646. The van der Waals surface area contributed by atoms with Crippen molar-refractivity contribution in [1.29, 1.82) is 0 Å². The Labute approximate surface area is 125 Å². The summed E-state index contributed by atoms with van der Waals surface area (Å²) in [6, 6.07) is 7.56. The molecule has 1 aromatic heterocycles.